The van der Waals surface area contributed by atoms with Crippen molar-refractivity contribution in [3.63, 3.8) is 0 Å². The number of hydrogen-bond donors (Lipinski definition) is 3. The third kappa shape index (κ3) is 3.64. The fourth-order valence-electron chi connectivity index (χ4n) is 2.66. The van der Waals surface area contributed by atoms with Gasteiger partial charge in [-0.25, -0.2) is 9.78 Å². The smallest absolute Gasteiger partial charge is 0.321 e. The average molecular weight is 317 g/mol. The van der Waals surface area contributed by atoms with Crippen molar-refractivity contribution >= 4 is 22.5 Å². The Labute approximate surface area is 133 Å². The maximum Gasteiger partial charge on any atom is 0.321 e. The maximum absolute atomic E-state index is 11.9. The van der Waals surface area contributed by atoms with Gasteiger partial charge in [-0.1, -0.05) is 54.5 Å². The van der Waals surface area contributed by atoms with Crippen molar-refractivity contribution in [2.45, 2.75) is 31.3 Å². The van der Waals surface area contributed by atoms with Crippen LogP contribution in [0.2, 0.25) is 0 Å². The van der Waals surface area contributed by atoms with Crippen LogP contribution in [0.1, 0.15) is 25.7 Å². The van der Waals surface area contributed by atoms with Crippen molar-refractivity contribution in [2.24, 2.45) is 0 Å². The predicted molar refractivity (Wildman–Crippen MR) is 88.0 cm³/mol. The Morgan fingerprint density at radius 2 is 2.00 bits per heavy atom. The maximum atomic E-state index is 11.9. The highest BCUT2D eigenvalue weighted by molar-refractivity contribution is 7.19. The molecule has 22 heavy (non-hydrogen) atoms. The van der Waals surface area contributed by atoms with E-state index in [1.165, 1.54) is 11.3 Å². The Balaban J connectivity index is 1.55. The molecule has 0 unspecified atom stereocenters. The van der Waals surface area contributed by atoms with Gasteiger partial charge in [-0.3, -0.25) is 5.32 Å². The molecule has 0 aliphatic heterocycles. The van der Waals surface area contributed by atoms with Crippen molar-refractivity contribution in [3.05, 3.63) is 36.5 Å². The SMILES string of the molecule is O=C(NCC1(O)CCCC1)Nc1ncc(-c2ccccc2)s1. The number of urea groups is 1. The average Bonchev–Trinajstić information content (AvgIpc) is 3.16. The molecule has 3 rings (SSSR count). The molecule has 1 aromatic carbocycles. The molecule has 0 spiro atoms. The summed E-state index contributed by atoms with van der Waals surface area (Å²) >= 11 is 1.43. The Hall–Kier alpha value is -1.92. The zero-order valence-electron chi connectivity index (χ0n) is 12.2. The minimum Gasteiger partial charge on any atom is -0.388 e. The molecule has 1 aliphatic carbocycles. The number of hydrogen-bond acceptors (Lipinski definition) is 4. The molecule has 3 N–H and O–H groups in total. The highest BCUT2D eigenvalue weighted by atomic mass is 32.1. The van der Waals surface area contributed by atoms with E-state index >= 15 is 0 Å². The molecule has 1 aliphatic rings. The van der Waals surface area contributed by atoms with Crippen LogP contribution in [0.25, 0.3) is 10.4 Å². The van der Waals surface area contributed by atoms with Crippen molar-refractivity contribution in [3.8, 4) is 10.4 Å². The summed E-state index contributed by atoms with van der Waals surface area (Å²) in [4.78, 5) is 17.1. The van der Waals surface area contributed by atoms with Crippen LogP contribution < -0.4 is 10.6 Å². The topological polar surface area (TPSA) is 74.2 Å². The van der Waals surface area contributed by atoms with E-state index in [0.717, 1.165) is 36.1 Å². The first-order chi connectivity index (χ1) is 10.6. The van der Waals surface area contributed by atoms with Crippen LogP contribution in [0, 0.1) is 0 Å². The third-order valence-corrected chi connectivity index (χ3v) is 4.86. The highest BCUT2D eigenvalue weighted by Crippen LogP contribution is 2.29. The number of thiazole rings is 1. The number of aromatic nitrogens is 1. The molecule has 6 heteroatoms. The van der Waals surface area contributed by atoms with Crippen LogP contribution >= 0.6 is 11.3 Å². The number of aliphatic hydroxyl groups is 1. The second kappa shape index (κ2) is 6.46. The second-order valence-corrected chi connectivity index (χ2v) is 6.67. The molecule has 1 heterocycles. The number of benzene rings is 1. The summed E-state index contributed by atoms with van der Waals surface area (Å²) < 4.78 is 0. The molecule has 0 saturated heterocycles. The molecule has 0 bridgehead atoms. The van der Waals surface area contributed by atoms with E-state index in [1.807, 2.05) is 30.3 Å². The molecule has 1 saturated carbocycles. The quantitative estimate of drug-likeness (QED) is 0.810. The van der Waals surface area contributed by atoms with Crippen LogP contribution in [0.5, 0.6) is 0 Å². The fraction of sp³-hybridized carbons (Fsp3) is 0.375. The van der Waals surface area contributed by atoms with E-state index in [2.05, 4.69) is 15.6 Å². The lowest BCUT2D eigenvalue weighted by Gasteiger charge is -2.22. The number of carbonyl (C=O) groups is 1. The van der Waals surface area contributed by atoms with Crippen LogP contribution in [-0.2, 0) is 0 Å². The monoisotopic (exact) mass is 317 g/mol. The fourth-order valence-corrected chi connectivity index (χ4v) is 3.48. The summed E-state index contributed by atoms with van der Waals surface area (Å²) in [5.41, 5.74) is 0.337. The van der Waals surface area contributed by atoms with Crippen molar-refractivity contribution < 1.29 is 9.90 Å². The van der Waals surface area contributed by atoms with E-state index in [0.29, 0.717) is 5.13 Å². The number of amides is 2. The number of anilines is 1. The van der Waals surface area contributed by atoms with Gasteiger partial charge in [0, 0.05) is 12.7 Å². The first-order valence-electron chi connectivity index (χ1n) is 7.43. The summed E-state index contributed by atoms with van der Waals surface area (Å²) in [5, 5.41) is 16.2. The van der Waals surface area contributed by atoms with Crippen molar-refractivity contribution in [1.29, 1.82) is 0 Å². The van der Waals surface area contributed by atoms with Gasteiger partial charge < -0.3 is 10.4 Å². The minimum absolute atomic E-state index is 0.287. The number of nitrogens with zero attached hydrogens (tertiary/aromatic N) is 1. The van der Waals surface area contributed by atoms with Gasteiger partial charge in [0.1, 0.15) is 0 Å². The van der Waals surface area contributed by atoms with Crippen LogP contribution in [0.3, 0.4) is 0 Å². The van der Waals surface area contributed by atoms with Gasteiger partial charge in [-0.05, 0) is 18.4 Å². The highest BCUT2D eigenvalue weighted by Gasteiger charge is 2.31. The molecular weight excluding hydrogens is 298 g/mol. The Morgan fingerprint density at radius 1 is 1.27 bits per heavy atom. The molecule has 0 atom stereocenters. The molecule has 2 aromatic rings. The number of nitrogens with one attached hydrogen (secondary N) is 2. The normalized spacial score (nSPS) is 16.4. The van der Waals surface area contributed by atoms with Crippen molar-refractivity contribution in [2.75, 3.05) is 11.9 Å². The van der Waals surface area contributed by atoms with Crippen molar-refractivity contribution in [1.82, 2.24) is 10.3 Å². The van der Waals surface area contributed by atoms with Gasteiger partial charge in [0.05, 0.1) is 10.5 Å². The first-order valence-corrected chi connectivity index (χ1v) is 8.25. The zero-order chi connectivity index (χ0) is 15.4. The predicted octanol–water partition coefficient (Wildman–Crippen LogP) is 3.24. The summed E-state index contributed by atoms with van der Waals surface area (Å²) in [6, 6.07) is 9.59. The van der Waals surface area contributed by atoms with Crippen LogP contribution in [0.4, 0.5) is 9.93 Å². The molecule has 1 fully saturated rings. The van der Waals surface area contributed by atoms with E-state index < -0.39 is 5.60 Å². The molecule has 0 radical (unpaired) electrons. The van der Waals surface area contributed by atoms with E-state index in [-0.39, 0.29) is 12.6 Å². The summed E-state index contributed by atoms with van der Waals surface area (Å²) in [5.74, 6) is 0. The third-order valence-electron chi connectivity index (χ3n) is 3.90. The largest absolute Gasteiger partial charge is 0.388 e. The van der Waals surface area contributed by atoms with Gasteiger partial charge in [0.15, 0.2) is 5.13 Å². The minimum atomic E-state index is -0.741. The van der Waals surface area contributed by atoms with Gasteiger partial charge in [-0.2, -0.15) is 0 Å². The summed E-state index contributed by atoms with van der Waals surface area (Å²) in [7, 11) is 0. The van der Waals surface area contributed by atoms with Crippen LogP contribution in [0.15, 0.2) is 36.5 Å². The Morgan fingerprint density at radius 3 is 2.73 bits per heavy atom. The standard InChI is InChI=1S/C16H19N3O2S/c20-14(18-11-16(21)8-4-5-9-16)19-15-17-10-13(22-15)12-6-2-1-3-7-12/h1-3,6-7,10,21H,4-5,8-9,11H2,(H2,17,18,19,20). The molecule has 5 nitrogen and oxygen atoms in total. The van der Waals surface area contributed by atoms with Gasteiger partial charge in [0.25, 0.3) is 0 Å². The van der Waals surface area contributed by atoms with E-state index in [9.17, 15) is 9.90 Å². The van der Waals surface area contributed by atoms with E-state index in [1.54, 1.807) is 6.20 Å². The lowest BCUT2D eigenvalue weighted by atomic mass is 10.0. The first kappa shape index (κ1) is 15.0. The van der Waals surface area contributed by atoms with Crippen LogP contribution in [-0.4, -0.2) is 28.3 Å². The molecule has 116 valence electrons. The molecule has 1 aromatic heterocycles. The van der Waals surface area contributed by atoms with Gasteiger partial charge in [-0.15, -0.1) is 0 Å². The number of rotatable bonds is 4. The lowest BCUT2D eigenvalue weighted by molar-refractivity contribution is 0.0506. The van der Waals surface area contributed by atoms with E-state index in [4.69, 9.17) is 0 Å². The lowest BCUT2D eigenvalue weighted by Crippen LogP contribution is -2.42. The Kier molecular flexibility index (Phi) is 4.40. The zero-order valence-corrected chi connectivity index (χ0v) is 13.0. The van der Waals surface area contributed by atoms with Gasteiger partial charge >= 0.3 is 6.03 Å². The summed E-state index contributed by atoms with van der Waals surface area (Å²) in [6.45, 7) is 0.287. The second-order valence-electron chi connectivity index (χ2n) is 5.63. The van der Waals surface area contributed by atoms with Gasteiger partial charge in [0.2, 0.25) is 0 Å². The summed E-state index contributed by atoms with van der Waals surface area (Å²) in [6.07, 6.45) is 5.30. The number of carbonyl (C=O) groups excluding carboxylic acids is 1. The molecular formula is C16H19N3O2S. The Bertz CT molecular complexity index is 636. The molecule has 2 amide bonds.